The first-order valence-electron chi connectivity index (χ1n) is 6.62. The third-order valence-corrected chi connectivity index (χ3v) is 3.60. The molecule has 1 amide bonds. The van der Waals surface area contributed by atoms with Crippen LogP contribution in [0.4, 0.5) is 0 Å². The first-order valence-corrected chi connectivity index (χ1v) is 6.62. The SMILES string of the molecule is CCC(C)c1cc(C(=O)NCC(N)C2CC2)on1.Cl. The van der Waals surface area contributed by atoms with E-state index in [1.54, 1.807) is 6.07 Å². The number of nitrogens with zero attached hydrogens (tertiary/aromatic N) is 1. The van der Waals surface area contributed by atoms with Gasteiger partial charge in [0.1, 0.15) is 0 Å². The number of aromatic nitrogens is 1. The molecule has 6 heteroatoms. The number of amides is 1. The minimum Gasteiger partial charge on any atom is -0.351 e. The molecular formula is C13H22ClN3O2. The Morgan fingerprint density at radius 3 is 2.89 bits per heavy atom. The van der Waals surface area contributed by atoms with Crippen molar-refractivity contribution in [2.45, 2.75) is 45.1 Å². The van der Waals surface area contributed by atoms with Gasteiger partial charge in [0, 0.05) is 24.6 Å². The van der Waals surface area contributed by atoms with Crippen LogP contribution in [-0.4, -0.2) is 23.7 Å². The number of nitrogens with one attached hydrogen (secondary N) is 1. The van der Waals surface area contributed by atoms with Gasteiger partial charge in [0.05, 0.1) is 5.69 Å². The molecule has 1 fully saturated rings. The van der Waals surface area contributed by atoms with Crippen molar-refractivity contribution in [3.63, 3.8) is 0 Å². The highest BCUT2D eigenvalue weighted by molar-refractivity contribution is 5.91. The third-order valence-electron chi connectivity index (χ3n) is 3.60. The van der Waals surface area contributed by atoms with Crippen LogP contribution in [0.2, 0.25) is 0 Å². The van der Waals surface area contributed by atoms with Crippen molar-refractivity contribution < 1.29 is 9.32 Å². The Hall–Kier alpha value is -1.07. The number of hydrogen-bond acceptors (Lipinski definition) is 4. The minimum absolute atomic E-state index is 0. The molecule has 2 atom stereocenters. The van der Waals surface area contributed by atoms with Gasteiger partial charge in [0.2, 0.25) is 5.76 Å². The van der Waals surface area contributed by atoms with Crippen molar-refractivity contribution >= 4 is 18.3 Å². The van der Waals surface area contributed by atoms with Gasteiger partial charge in [-0.15, -0.1) is 12.4 Å². The van der Waals surface area contributed by atoms with Gasteiger partial charge in [-0.25, -0.2) is 0 Å². The maximum atomic E-state index is 11.8. The topological polar surface area (TPSA) is 81.2 Å². The van der Waals surface area contributed by atoms with E-state index in [1.165, 1.54) is 12.8 Å². The van der Waals surface area contributed by atoms with Crippen molar-refractivity contribution in [3.8, 4) is 0 Å². The van der Waals surface area contributed by atoms with Gasteiger partial charge in [0.15, 0.2) is 0 Å². The number of nitrogens with two attached hydrogens (primary N) is 1. The second-order valence-corrected chi connectivity index (χ2v) is 5.14. The van der Waals surface area contributed by atoms with E-state index in [2.05, 4.69) is 24.3 Å². The molecule has 5 nitrogen and oxygen atoms in total. The molecular weight excluding hydrogens is 266 g/mol. The van der Waals surface area contributed by atoms with Crippen molar-refractivity contribution in [1.82, 2.24) is 10.5 Å². The van der Waals surface area contributed by atoms with Gasteiger partial charge >= 0.3 is 0 Å². The standard InChI is InChI=1S/C13H21N3O2.ClH/c1-3-8(2)11-6-12(18-16-11)13(17)15-7-10(14)9-4-5-9;/h6,8-10H,3-5,7,14H2,1-2H3,(H,15,17);1H. The highest BCUT2D eigenvalue weighted by Crippen LogP contribution is 2.31. The molecule has 0 bridgehead atoms. The molecule has 0 aromatic carbocycles. The summed E-state index contributed by atoms with van der Waals surface area (Å²) in [7, 11) is 0. The second-order valence-electron chi connectivity index (χ2n) is 5.14. The van der Waals surface area contributed by atoms with E-state index in [4.69, 9.17) is 10.3 Å². The predicted octanol–water partition coefficient (Wildman–Crippen LogP) is 2.08. The van der Waals surface area contributed by atoms with Gasteiger partial charge in [-0.2, -0.15) is 0 Å². The monoisotopic (exact) mass is 287 g/mol. The lowest BCUT2D eigenvalue weighted by molar-refractivity contribution is 0.0913. The number of hydrogen-bond donors (Lipinski definition) is 2. The van der Waals surface area contributed by atoms with Crippen LogP contribution in [-0.2, 0) is 0 Å². The highest BCUT2D eigenvalue weighted by atomic mass is 35.5. The quantitative estimate of drug-likeness (QED) is 0.839. The van der Waals surface area contributed by atoms with Gasteiger partial charge in [-0.1, -0.05) is 19.0 Å². The Labute approximate surface area is 119 Å². The van der Waals surface area contributed by atoms with E-state index in [1.807, 2.05) is 0 Å². The molecule has 1 saturated carbocycles. The molecule has 2 rings (SSSR count). The third kappa shape index (κ3) is 4.21. The zero-order valence-electron chi connectivity index (χ0n) is 11.4. The lowest BCUT2D eigenvalue weighted by Gasteiger charge is -2.09. The van der Waals surface area contributed by atoms with Crippen LogP contribution in [0.3, 0.4) is 0 Å². The first kappa shape index (κ1) is 16.0. The smallest absolute Gasteiger partial charge is 0.289 e. The van der Waals surface area contributed by atoms with E-state index in [0.29, 0.717) is 18.4 Å². The Morgan fingerprint density at radius 1 is 1.63 bits per heavy atom. The summed E-state index contributed by atoms with van der Waals surface area (Å²) in [5.41, 5.74) is 6.75. The lowest BCUT2D eigenvalue weighted by Crippen LogP contribution is -2.38. The zero-order chi connectivity index (χ0) is 13.1. The molecule has 1 aromatic heterocycles. The van der Waals surface area contributed by atoms with E-state index < -0.39 is 0 Å². The Kier molecular flexibility index (Phi) is 5.82. The normalized spacial score (nSPS) is 17.4. The van der Waals surface area contributed by atoms with Crippen LogP contribution < -0.4 is 11.1 Å². The van der Waals surface area contributed by atoms with Gasteiger partial charge < -0.3 is 15.6 Å². The molecule has 0 aliphatic heterocycles. The molecule has 1 aromatic rings. The molecule has 2 unspecified atom stereocenters. The second kappa shape index (κ2) is 6.91. The number of halogens is 1. The Morgan fingerprint density at radius 2 is 2.32 bits per heavy atom. The van der Waals surface area contributed by atoms with Crippen LogP contribution in [0.1, 0.15) is 55.3 Å². The largest absolute Gasteiger partial charge is 0.351 e. The zero-order valence-corrected chi connectivity index (χ0v) is 12.2. The van der Waals surface area contributed by atoms with Crippen molar-refractivity contribution in [2.75, 3.05) is 6.54 Å². The summed E-state index contributed by atoms with van der Waals surface area (Å²) in [6.07, 6.45) is 3.33. The molecule has 0 saturated heterocycles. The fraction of sp³-hybridized carbons (Fsp3) is 0.692. The maximum Gasteiger partial charge on any atom is 0.289 e. The van der Waals surface area contributed by atoms with Crippen molar-refractivity contribution in [2.24, 2.45) is 11.7 Å². The van der Waals surface area contributed by atoms with Crippen molar-refractivity contribution in [1.29, 1.82) is 0 Å². The average molecular weight is 288 g/mol. The molecule has 0 spiro atoms. The Bertz CT molecular complexity index is 418. The number of carbonyl (C=O) groups excluding carboxylic acids is 1. The molecule has 3 N–H and O–H groups in total. The van der Waals surface area contributed by atoms with Crippen molar-refractivity contribution in [3.05, 3.63) is 17.5 Å². The van der Waals surface area contributed by atoms with Crippen LogP contribution >= 0.6 is 12.4 Å². The summed E-state index contributed by atoms with van der Waals surface area (Å²) in [5, 5.41) is 6.71. The van der Waals surface area contributed by atoms with Crippen LogP contribution in [0.5, 0.6) is 0 Å². The highest BCUT2D eigenvalue weighted by Gasteiger charge is 2.28. The van der Waals surface area contributed by atoms with E-state index in [0.717, 1.165) is 12.1 Å². The van der Waals surface area contributed by atoms with E-state index >= 15 is 0 Å². The minimum atomic E-state index is -0.229. The summed E-state index contributed by atoms with van der Waals surface area (Å²) < 4.78 is 5.05. The first-order chi connectivity index (χ1) is 8.61. The fourth-order valence-corrected chi connectivity index (χ4v) is 1.83. The molecule has 1 aliphatic carbocycles. The van der Waals surface area contributed by atoms with Gasteiger partial charge in [0.25, 0.3) is 5.91 Å². The van der Waals surface area contributed by atoms with Gasteiger partial charge in [-0.05, 0) is 25.2 Å². The fourth-order valence-electron chi connectivity index (χ4n) is 1.83. The summed E-state index contributed by atoms with van der Waals surface area (Å²) >= 11 is 0. The Balaban J connectivity index is 0.00000180. The molecule has 108 valence electrons. The molecule has 0 radical (unpaired) electrons. The predicted molar refractivity (Wildman–Crippen MR) is 75.5 cm³/mol. The molecule has 1 heterocycles. The summed E-state index contributed by atoms with van der Waals surface area (Å²) in [6.45, 7) is 4.64. The molecule has 19 heavy (non-hydrogen) atoms. The lowest BCUT2D eigenvalue weighted by atomic mass is 10.1. The average Bonchev–Trinajstić information content (AvgIpc) is 3.12. The maximum absolute atomic E-state index is 11.8. The van der Waals surface area contributed by atoms with Crippen LogP contribution in [0.25, 0.3) is 0 Å². The van der Waals surface area contributed by atoms with Crippen LogP contribution in [0, 0.1) is 5.92 Å². The van der Waals surface area contributed by atoms with E-state index in [9.17, 15) is 4.79 Å². The summed E-state index contributed by atoms with van der Waals surface area (Å²) in [6, 6.07) is 1.78. The number of rotatable bonds is 6. The van der Waals surface area contributed by atoms with Crippen LogP contribution in [0.15, 0.2) is 10.6 Å². The van der Waals surface area contributed by atoms with E-state index in [-0.39, 0.29) is 30.1 Å². The summed E-state index contributed by atoms with van der Waals surface area (Å²) in [5.74, 6) is 0.932. The number of carbonyl (C=O) groups is 1. The van der Waals surface area contributed by atoms with Gasteiger partial charge in [-0.3, -0.25) is 4.79 Å². The molecule has 1 aliphatic rings. The summed E-state index contributed by atoms with van der Waals surface area (Å²) in [4.78, 5) is 11.8.